The van der Waals surface area contributed by atoms with Gasteiger partial charge in [0.25, 0.3) is 5.56 Å². The molecule has 2 N–H and O–H groups in total. The third-order valence-electron chi connectivity index (χ3n) is 9.20. The summed E-state index contributed by atoms with van der Waals surface area (Å²) >= 11 is 0. The molecule has 14 nitrogen and oxygen atoms in total. The summed E-state index contributed by atoms with van der Waals surface area (Å²) in [4.78, 5) is 43.7. The second-order valence-electron chi connectivity index (χ2n) is 12.9. The molecule has 15 heteroatoms. The first-order chi connectivity index (χ1) is 20.8. The van der Waals surface area contributed by atoms with E-state index in [2.05, 4.69) is 15.3 Å². The molecular formula is C29H41N9O5S. The normalized spacial score (nSPS) is 20.8. The van der Waals surface area contributed by atoms with E-state index in [1.54, 1.807) is 30.2 Å². The van der Waals surface area contributed by atoms with E-state index in [1.165, 1.54) is 17.7 Å². The SMILES string of the molecule is CONc1nc2c(N3CCN(C(=O)C4(N(C)C)CC4)[C@H](C)C3)cc(S(=O)(=O)NC3(C)CC3)cc2c(=O)n1Cc1cnn(C)c1. The number of carbonyl (C=O) groups is 1. The molecule has 2 aliphatic carbocycles. The van der Waals surface area contributed by atoms with Gasteiger partial charge in [-0.25, -0.2) is 23.6 Å². The van der Waals surface area contributed by atoms with Gasteiger partial charge in [-0.3, -0.25) is 28.6 Å². The second-order valence-corrected chi connectivity index (χ2v) is 14.6. The van der Waals surface area contributed by atoms with Crippen molar-refractivity contribution in [1.82, 2.24) is 33.9 Å². The van der Waals surface area contributed by atoms with Crippen molar-refractivity contribution >= 4 is 38.5 Å². The number of benzene rings is 1. The topological polar surface area (TPSA) is 147 Å². The van der Waals surface area contributed by atoms with Crippen molar-refractivity contribution in [1.29, 1.82) is 0 Å². The summed E-state index contributed by atoms with van der Waals surface area (Å²) in [5.41, 5.74) is 3.01. The number of nitrogens with one attached hydrogen (secondary N) is 2. The lowest BCUT2D eigenvalue weighted by Crippen LogP contribution is -2.59. The minimum absolute atomic E-state index is 0.00287. The van der Waals surface area contributed by atoms with E-state index in [0.717, 1.165) is 31.2 Å². The van der Waals surface area contributed by atoms with Gasteiger partial charge in [0.2, 0.25) is 21.9 Å². The van der Waals surface area contributed by atoms with Gasteiger partial charge in [-0.05, 0) is 65.8 Å². The van der Waals surface area contributed by atoms with Gasteiger partial charge in [-0.2, -0.15) is 5.10 Å². The van der Waals surface area contributed by atoms with Crippen molar-refractivity contribution in [3.05, 3.63) is 40.4 Å². The summed E-state index contributed by atoms with van der Waals surface area (Å²) in [5, 5.41) is 4.37. The molecule has 3 aromatic rings. The summed E-state index contributed by atoms with van der Waals surface area (Å²) < 4.78 is 33.2. The molecule has 0 radical (unpaired) electrons. The van der Waals surface area contributed by atoms with Gasteiger partial charge in [0.1, 0.15) is 11.1 Å². The smallest absolute Gasteiger partial charge is 0.263 e. The number of aryl methyl sites for hydroxylation is 1. The Morgan fingerprint density at radius 3 is 2.48 bits per heavy atom. The molecule has 0 bridgehead atoms. The number of amides is 1. The Kier molecular flexibility index (Phi) is 7.50. The van der Waals surface area contributed by atoms with Crippen LogP contribution in [0.15, 0.2) is 34.2 Å². The lowest BCUT2D eigenvalue weighted by atomic mass is 10.1. The highest BCUT2D eigenvalue weighted by atomic mass is 32.2. The maximum Gasteiger partial charge on any atom is 0.263 e. The van der Waals surface area contributed by atoms with Crippen LogP contribution in [-0.2, 0) is 33.2 Å². The first-order valence-corrected chi connectivity index (χ1v) is 16.4. The molecule has 1 aliphatic heterocycles. The van der Waals surface area contributed by atoms with Crippen molar-refractivity contribution in [3.8, 4) is 0 Å². The lowest BCUT2D eigenvalue weighted by molar-refractivity contribution is -0.140. The van der Waals surface area contributed by atoms with Gasteiger partial charge in [0, 0.05) is 50.0 Å². The summed E-state index contributed by atoms with van der Waals surface area (Å²) in [5.74, 6) is 0.304. The predicted octanol–water partition coefficient (Wildman–Crippen LogP) is 1.11. The molecule has 1 atom stereocenters. The third kappa shape index (κ3) is 5.46. The Balaban J connectivity index is 1.44. The van der Waals surface area contributed by atoms with Gasteiger partial charge >= 0.3 is 0 Å². The van der Waals surface area contributed by atoms with Crippen LogP contribution in [0.4, 0.5) is 11.6 Å². The number of likely N-dealkylation sites (N-methyl/N-ethyl adjacent to an activating group) is 1. The summed E-state index contributed by atoms with van der Waals surface area (Å²) in [7, 11) is 3.16. The maximum atomic E-state index is 14.1. The molecule has 0 unspecified atom stereocenters. The number of hydrogen-bond donors (Lipinski definition) is 2. The fraction of sp³-hybridized carbons (Fsp3) is 0.586. The first-order valence-electron chi connectivity index (χ1n) is 14.9. The quantitative estimate of drug-likeness (QED) is 0.314. The fourth-order valence-electron chi connectivity index (χ4n) is 6.12. The molecule has 3 heterocycles. The monoisotopic (exact) mass is 627 g/mol. The number of carbonyl (C=O) groups excluding carboxylic acids is 1. The molecule has 6 rings (SSSR count). The van der Waals surface area contributed by atoms with E-state index in [1.807, 2.05) is 42.6 Å². The lowest BCUT2D eigenvalue weighted by Gasteiger charge is -2.43. The summed E-state index contributed by atoms with van der Waals surface area (Å²) in [6, 6.07) is 2.86. The van der Waals surface area contributed by atoms with Crippen LogP contribution in [0.25, 0.3) is 10.9 Å². The van der Waals surface area contributed by atoms with Crippen LogP contribution in [-0.4, -0.2) is 101 Å². The van der Waals surface area contributed by atoms with E-state index in [0.29, 0.717) is 30.8 Å². The highest BCUT2D eigenvalue weighted by molar-refractivity contribution is 7.89. The largest absolute Gasteiger partial charge is 0.366 e. The van der Waals surface area contributed by atoms with Crippen LogP contribution in [0, 0.1) is 0 Å². The van der Waals surface area contributed by atoms with E-state index >= 15 is 0 Å². The van der Waals surface area contributed by atoms with Gasteiger partial charge in [-0.1, -0.05) is 0 Å². The Labute approximate surface area is 257 Å². The molecule has 2 saturated carbocycles. The van der Waals surface area contributed by atoms with Crippen LogP contribution in [0.5, 0.6) is 0 Å². The molecule has 1 amide bonds. The minimum atomic E-state index is -3.95. The van der Waals surface area contributed by atoms with Crippen LogP contribution < -0.4 is 20.7 Å². The van der Waals surface area contributed by atoms with Gasteiger partial charge in [-0.15, -0.1) is 0 Å². The highest BCUT2D eigenvalue weighted by Crippen LogP contribution is 2.43. The molecule has 44 heavy (non-hydrogen) atoms. The Bertz CT molecular complexity index is 1780. The number of sulfonamides is 1. The number of nitrogens with zero attached hydrogens (tertiary/aromatic N) is 7. The minimum Gasteiger partial charge on any atom is -0.366 e. The predicted molar refractivity (Wildman–Crippen MR) is 166 cm³/mol. The zero-order valence-electron chi connectivity index (χ0n) is 26.1. The first kappa shape index (κ1) is 30.5. The average molecular weight is 628 g/mol. The van der Waals surface area contributed by atoms with E-state index in [9.17, 15) is 18.0 Å². The molecule has 3 aliphatic rings. The summed E-state index contributed by atoms with van der Waals surface area (Å²) in [6.45, 7) is 5.39. The molecule has 0 spiro atoms. The summed E-state index contributed by atoms with van der Waals surface area (Å²) in [6.07, 6.45) is 6.63. The molecule has 238 valence electrons. The van der Waals surface area contributed by atoms with Crippen molar-refractivity contribution in [3.63, 3.8) is 0 Å². The van der Waals surface area contributed by atoms with Gasteiger partial charge < -0.3 is 9.80 Å². The number of aromatic nitrogens is 4. The third-order valence-corrected chi connectivity index (χ3v) is 10.8. The number of anilines is 2. The molecular weight excluding hydrogens is 586 g/mol. The van der Waals surface area contributed by atoms with Crippen LogP contribution in [0.3, 0.4) is 0 Å². The van der Waals surface area contributed by atoms with Crippen molar-refractivity contribution < 1.29 is 18.0 Å². The molecule has 1 aromatic carbocycles. The van der Waals surface area contributed by atoms with Crippen molar-refractivity contribution in [2.45, 2.75) is 68.1 Å². The standard InChI is InChI=1S/C29H41N9O5S/c1-19-16-36(11-12-37(19)26(40)29(9-10-29)34(3)4)23-14-21(44(41,42)33-28(2)7-8-28)13-22-24(23)31-27(32-43-6)38(25(22)39)18-20-15-30-35(5)17-20/h13-15,17,19,33H,7-12,16,18H2,1-6H3,(H,31,32)/t19-/m1/s1. The number of rotatable bonds is 10. The maximum absolute atomic E-state index is 14.1. The zero-order valence-corrected chi connectivity index (χ0v) is 26.9. The second kappa shape index (κ2) is 10.8. The molecule has 1 saturated heterocycles. The average Bonchev–Trinajstić information content (AvgIpc) is 3.88. The van der Waals surface area contributed by atoms with Gasteiger partial charge in [0.15, 0.2) is 0 Å². The van der Waals surface area contributed by atoms with Crippen LogP contribution in [0.2, 0.25) is 0 Å². The van der Waals surface area contributed by atoms with E-state index in [4.69, 9.17) is 9.82 Å². The number of hydrogen-bond acceptors (Lipinski definition) is 10. The number of piperazine rings is 1. The van der Waals surface area contributed by atoms with Gasteiger partial charge in [0.05, 0.1) is 35.8 Å². The zero-order chi connectivity index (χ0) is 31.6. The fourth-order valence-corrected chi connectivity index (χ4v) is 7.63. The number of fused-ring (bicyclic) bond motifs is 1. The van der Waals surface area contributed by atoms with E-state index in [-0.39, 0.29) is 34.7 Å². The van der Waals surface area contributed by atoms with Crippen molar-refractivity contribution in [2.24, 2.45) is 7.05 Å². The van der Waals surface area contributed by atoms with E-state index < -0.39 is 26.7 Å². The molecule has 3 fully saturated rings. The molecule has 2 aromatic heterocycles. The van der Waals surface area contributed by atoms with Crippen LogP contribution >= 0.6 is 0 Å². The Hall–Kier alpha value is -3.53. The highest BCUT2D eigenvalue weighted by Gasteiger charge is 2.54. The Morgan fingerprint density at radius 1 is 1.18 bits per heavy atom. The van der Waals surface area contributed by atoms with Crippen molar-refractivity contribution in [2.75, 3.05) is 51.2 Å². The van der Waals surface area contributed by atoms with Crippen LogP contribution in [0.1, 0.15) is 45.1 Å². The Morgan fingerprint density at radius 2 is 1.91 bits per heavy atom.